The Labute approximate surface area is 190 Å². The maximum atomic E-state index is 12.6. The van der Waals surface area contributed by atoms with Gasteiger partial charge in [-0.3, -0.25) is 0 Å². The molecule has 32 heavy (non-hydrogen) atoms. The number of alkyl halides is 3. The summed E-state index contributed by atoms with van der Waals surface area (Å²) in [6, 6.07) is 3.40. The SMILES string of the molecule is COC(=O)C(C)(O)c1c(C#N)nn(-c2c(Cl)cc(OC(F)(F)F)cc2Cl)c1/N=C/N(C)C. The Morgan fingerprint density at radius 2 is 1.91 bits per heavy atom. The van der Waals surface area contributed by atoms with Gasteiger partial charge in [0.1, 0.15) is 17.5 Å². The molecule has 1 aromatic heterocycles. The highest BCUT2D eigenvalue weighted by Gasteiger charge is 2.42. The summed E-state index contributed by atoms with van der Waals surface area (Å²) in [6.45, 7) is 1.07. The maximum absolute atomic E-state index is 12.6. The number of hydrogen-bond donors (Lipinski definition) is 1. The summed E-state index contributed by atoms with van der Waals surface area (Å²) in [4.78, 5) is 17.8. The molecule has 1 heterocycles. The van der Waals surface area contributed by atoms with Crippen molar-refractivity contribution in [3.63, 3.8) is 0 Å². The third kappa shape index (κ3) is 5.24. The van der Waals surface area contributed by atoms with E-state index in [9.17, 15) is 28.3 Å². The minimum absolute atomic E-state index is 0.169. The standard InChI is InChI=1S/C18H16Cl2F3N5O4/c1-17(30,16(29)31-4)13-12(7-24)26-28(15(13)25-8-27(2)3)14-10(19)5-9(6-11(14)20)32-18(21,22)23/h5-6,8,30H,1-4H3/b25-8+. The number of aromatic nitrogens is 2. The van der Waals surface area contributed by atoms with E-state index in [-0.39, 0.29) is 27.1 Å². The van der Waals surface area contributed by atoms with E-state index >= 15 is 0 Å². The number of ether oxygens (including phenoxy) is 2. The van der Waals surface area contributed by atoms with Gasteiger partial charge in [0.05, 0.1) is 29.1 Å². The lowest BCUT2D eigenvalue weighted by Gasteiger charge is -2.20. The lowest BCUT2D eigenvalue weighted by atomic mass is 9.95. The highest BCUT2D eigenvalue weighted by molar-refractivity contribution is 6.38. The predicted molar refractivity (Wildman–Crippen MR) is 108 cm³/mol. The normalized spacial score (nSPS) is 13.5. The number of aliphatic hydroxyl groups is 1. The topological polar surface area (TPSA) is 113 Å². The van der Waals surface area contributed by atoms with Crippen LogP contribution in [-0.4, -0.2) is 59.7 Å². The molecule has 172 valence electrons. The van der Waals surface area contributed by atoms with E-state index in [0.29, 0.717) is 0 Å². The van der Waals surface area contributed by atoms with Crippen LogP contribution in [0.1, 0.15) is 18.2 Å². The Kier molecular flexibility index (Phi) is 7.29. The van der Waals surface area contributed by atoms with E-state index < -0.39 is 29.4 Å². The first-order valence-corrected chi connectivity index (χ1v) is 9.28. The third-order valence-corrected chi connectivity index (χ3v) is 4.46. The van der Waals surface area contributed by atoms with Gasteiger partial charge in [-0.25, -0.2) is 14.5 Å². The third-order valence-electron chi connectivity index (χ3n) is 3.88. The predicted octanol–water partition coefficient (Wildman–Crippen LogP) is 3.55. The molecule has 0 aliphatic rings. The Balaban J connectivity index is 2.86. The van der Waals surface area contributed by atoms with Crippen molar-refractivity contribution in [1.29, 1.82) is 5.26 Å². The molecule has 0 bridgehead atoms. The summed E-state index contributed by atoms with van der Waals surface area (Å²) < 4.78 is 47.0. The summed E-state index contributed by atoms with van der Waals surface area (Å²) in [5.74, 6) is -2.04. The Morgan fingerprint density at radius 1 is 1.34 bits per heavy atom. The van der Waals surface area contributed by atoms with Gasteiger partial charge in [0.25, 0.3) is 0 Å². The molecule has 0 radical (unpaired) electrons. The number of aliphatic imine (C=N–C) groups is 1. The van der Waals surface area contributed by atoms with Crippen LogP contribution in [0.25, 0.3) is 5.69 Å². The van der Waals surface area contributed by atoms with Crippen molar-refractivity contribution in [1.82, 2.24) is 14.7 Å². The lowest BCUT2D eigenvalue weighted by Crippen LogP contribution is -2.34. The molecular weight excluding hydrogens is 478 g/mol. The molecule has 0 spiro atoms. The number of hydrogen-bond acceptors (Lipinski definition) is 7. The fourth-order valence-corrected chi connectivity index (χ4v) is 3.25. The van der Waals surface area contributed by atoms with Crippen LogP contribution in [0, 0.1) is 11.3 Å². The van der Waals surface area contributed by atoms with Crippen LogP contribution in [0.15, 0.2) is 17.1 Å². The van der Waals surface area contributed by atoms with Gasteiger partial charge in [-0.1, -0.05) is 23.2 Å². The van der Waals surface area contributed by atoms with Gasteiger partial charge in [-0.2, -0.15) is 10.4 Å². The lowest BCUT2D eigenvalue weighted by molar-refractivity contribution is -0.274. The van der Waals surface area contributed by atoms with Gasteiger partial charge in [0.2, 0.25) is 0 Å². The second kappa shape index (κ2) is 9.23. The van der Waals surface area contributed by atoms with E-state index in [1.165, 1.54) is 11.2 Å². The zero-order chi connectivity index (χ0) is 24.4. The summed E-state index contributed by atoms with van der Waals surface area (Å²) in [5.41, 5.74) is -3.28. The smallest absolute Gasteiger partial charge is 0.467 e. The number of nitriles is 1. The molecule has 0 amide bonds. The molecule has 9 nitrogen and oxygen atoms in total. The van der Waals surface area contributed by atoms with E-state index in [2.05, 4.69) is 19.6 Å². The van der Waals surface area contributed by atoms with Crippen LogP contribution in [-0.2, 0) is 15.1 Å². The zero-order valence-electron chi connectivity index (χ0n) is 17.0. The summed E-state index contributed by atoms with van der Waals surface area (Å²) >= 11 is 12.3. The second-order valence-corrected chi connectivity index (χ2v) is 7.44. The number of carbonyl (C=O) groups excluding carboxylic acids is 1. The number of esters is 1. The fourth-order valence-electron chi connectivity index (χ4n) is 2.62. The summed E-state index contributed by atoms with van der Waals surface area (Å²) in [5, 5.41) is 23.7. The molecule has 2 aromatic rings. The Morgan fingerprint density at radius 3 is 2.34 bits per heavy atom. The van der Waals surface area contributed by atoms with Crippen molar-refractivity contribution in [2.45, 2.75) is 18.9 Å². The van der Waals surface area contributed by atoms with Crippen molar-refractivity contribution in [3.05, 3.63) is 33.4 Å². The highest BCUT2D eigenvalue weighted by Crippen LogP contribution is 2.41. The quantitative estimate of drug-likeness (QED) is 0.371. The van der Waals surface area contributed by atoms with Gasteiger partial charge in [-0.15, -0.1) is 13.2 Å². The molecule has 2 rings (SSSR count). The highest BCUT2D eigenvalue weighted by atomic mass is 35.5. The van der Waals surface area contributed by atoms with Crippen LogP contribution < -0.4 is 4.74 Å². The molecule has 0 saturated carbocycles. The van der Waals surface area contributed by atoms with Crippen LogP contribution in [0.4, 0.5) is 19.0 Å². The number of nitrogens with zero attached hydrogens (tertiary/aromatic N) is 5. The Hall–Kier alpha value is -3.01. The first kappa shape index (κ1) is 25.3. The van der Waals surface area contributed by atoms with Crippen LogP contribution in [0.3, 0.4) is 0 Å². The van der Waals surface area contributed by atoms with E-state index in [0.717, 1.165) is 30.8 Å². The van der Waals surface area contributed by atoms with Gasteiger partial charge in [0, 0.05) is 26.2 Å². The fraction of sp³-hybridized carbons (Fsp3) is 0.333. The molecule has 1 aromatic carbocycles. The monoisotopic (exact) mass is 493 g/mol. The average molecular weight is 494 g/mol. The van der Waals surface area contributed by atoms with Crippen molar-refractivity contribution in [3.8, 4) is 17.5 Å². The molecule has 1 atom stereocenters. The van der Waals surface area contributed by atoms with E-state index in [4.69, 9.17) is 23.2 Å². The molecular formula is C18H16Cl2F3N5O4. The van der Waals surface area contributed by atoms with Crippen LogP contribution >= 0.6 is 23.2 Å². The van der Waals surface area contributed by atoms with Crippen molar-refractivity contribution < 1.29 is 32.5 Å². The summed E-state index contributed by atoms with van der Waals surface area (Å²) in [7, 11) is 4.27. The largest absolute Gasteiger partial charge is 0.573 e. The van der Waals surface area contributed by atoms with Crippen LogP contribution in [0.5, 0.6) is 5.75 Å². The molecule has 1 N–H and O–H groups in total. The van der Waals surface area contributed by atoms with Gasteiger partial charge in [0.15, 0.2) is 17.1 Å². The maximum Gasteiger partial charge on any atom is 0.573 e. The Bertz CT molecular complexity index is 1080. The number of halogens is 5. The number of benzene rings is 1. The van der Waals surface area contributed by atoms with Gasteiger partial charge in [-0.05, 0) is 6.92 Å². The van der Waals surface area contributed by atoms with Gasteiger partial charge < -0.3 is 19.5 Å². The molecule has 0 fully saturated rings. The minimum atomic E-state index is -4.98. The number of methoxy groups -OCH3 is 1. The van der Waals surface area contributed by atoms with Gasteiger partial charge >= 0.3 is 12.3 Å². The average Bonchev–Trinajstić information content (AvgIpc) is 3.02. The molecule has 14 heteroatoms. The van der Waals surface area contributed by atoms with Crippen molar-refractivity contribution in [2.24, 2.45) is 4.99 Å². The zero-order valence-corrected chi connectivity index (χ0v) is 18.5. The number of rotatable bonds is 6. The van der Waals surface area contributed by atoms with E-state index in [1.54, 1.807) is 20.2 Å². The molecule has 0 aliphatic heterocycles. The first-order chi connectivity index (χ1) is 14.7. The molecule has 0 saturated heterocycles. The van der Waals surface area contributed by atoms with E-state index in [1.807, 2.05) is 0 Å². The van der Waals surface area contributed by atoms with Crippen molar-refractivity contribution in [2.75, 3.05) is 21.2 Å². The van der Waals surface area contributed by atoms with Crippen molar-refractivity contribution >= 4 is 41.3 Å². The van der Waals surface area contributed by atoms with Crippen LogP contribution in [0.2, 0.25) is 10.0 Å². The number of carbonyl (C=O) groups is 1. The second-order valence-electron chi connectivity index (χ2n) is 6.63. The molecule has 1 unspecified atom stereocenters. The minimum Gasteiger partial charge on any atom is -0.467 e. The summed E-state index contributed by atoms with van der Waals surface area (Å²) in [6.07, 6.45) is -3.71. The first-order valence-electron chi connectivity index (χ1n) is 8.53. The molecule has 0 aliphatic carbocycles.